The average Bonchev–Trinajstić information content (AvgIpc) is 2.11. The van der Waals surface area contributed by atoms with E-state index in [9.17, 15) is 4.79 Å². The van der Waals surface area contributed by atoms with Crippen molar-refractivity contribution in [1.29, 1.82) is 0 Å². The Morgan fingerprint density at radius 2 is 2.31 bits per heavy atom. The first-order valence-corrected chi connectivity index (χ1v) is 4.58. The molecule has 1 fully saturated rings. The van der Waals surface area contributed by atoms with Gasteiger partial charge in [0.25, 0.3) is 0 Å². The molecule has 0 amide bonds. The molecule has 1 rings (SSSR count). The Morgan fingerprint density at radius 3 is 2.85 bits per heavy atom. The quantitative estimate of drug-likeness (QED) is 0.352. The highest BCUT2D eigenvalue weighted by Gasteiger charge is 2.16. The van der Waals surface area contributed by atoms with Crippen molar-refractivity contribution < 1.29 is 9.53 Å². The van der Waals surface area contributed by atoms with Crippen LogP contribution in [0.25, 0.3) is 0 Å². The molecule has 0 N–H and O–H groups in total. The molecule has 0 unspecified atom stereocenters. The fourth-order valence-electron chi connectivity index (χ4n) is 1.56. The van der Waals surface area contributed by atoms with E-state index in [-0.39, 0.29) is 5.97 Å². The van der Waals surface area contributed by atoms with E-state index < -0.39 is 0 Å². The Morgan fingerprint density at radius 1 is 1.62 bits per heavy atom. The average molecular weight is 180 g/mol. The highest BCUT2D eigenvalue weighted by Crippen LogP contribution is 2.31. The van der Waals surface area contributed by atoms with Gasteiger partial charge in [0, 0.05) is 6.08 Å². The van der Waals surface area contributed by atoms with E-state index >= 15 is 0 Å². The summed E-state index contributed by atoms with van der Waals surface area (Å²) in [7, 11) is 1.41. The van der Waals surface area contributed by atoms with E-state index in [2.05, 4.69) is 18.2 Å². The van der Waals surface area contributed by atoms with Crippen molar-refractivity contribution in [2.75, 3.05) is 7.11 Å². The highest BCUT2D eigenvalue weighted by atomic mass is 16.5. The van der Waals surface area contributed by atoms with E-state index in [0.29, 0.717) is 5.92 Å². The summed E-state index contributed by atoms with van der Waals surface area (Å²) in [6.07, 6.45) is 4.53. The number of carbonyl (C=O) groups is 1. The number of ether oxygens (including phenoxy) is 1. The summed E-state index contributed by atoms with van der Waals surface area (Å²) in [5.74, 6) is 0.263. The van der Waals surface area contributed by atoms with Crippen LogP contribution in [0.1, 0.15) is 26.2 Å². The van der Waals surface area contributed by atoms with E-state index in [1.165, 1.54) is 18.3 Å². The second-order valence-corrected chi connectivity index (χ2v) is 3.59. The second kappa shape index (κ2) is 4.26. The summed E-state index contributed by atoms with van der Waals surface area (Å²) in [4.78, 5) is 10.9. The molecule has 0 radical (unpaired) electrons. The van der Waals surface area contributed by atoms with Crippen LogP contribution in [0.15, 0.2) is 23.8 Å². The predicted molar refractivity (Wildman–Crippen MR) is 52.3 cm³/mol. The van der Waals surface area contributed by atoms with Crippen LogP contribution in [0.3, 0.4) is 0 Å². The number of hydrogen-bond donors (Lipinski definition) is 0. The first-order valence-electron chi connectivity index (χ1n) is 4.58. The van der Waals surface area contributed by atoms with Crippen molar-refractivity contribution >= 4 is 5.97 Å². The van der Waals surface area contributed by atoms with E-state index in [4.69, 9.17) is 0 Å². The third-order valence-electron chi connectivity index (χ3n) is 2.56. The molecule has 72 valence electrons. The molecule has 1 aliphatic carbocycles. The molecule has 0 aromatic heterocycles. The van der Waals surface area contributed by atoms with Gasteiger partial charge in [-0.25, -0.2) is 4.79 Å². The smallest absolute Gasteiger partial charge is 0.330 e. The molecule has 1 saturated carbocycles. The lowest BCUT2D eigenvalue weighted by Gasteiger charge is -2.22. The Balaban J connectivity index is 2.59. The number of carbonyl (C=O) groups excluding carboxylic acids is 1. The van der Waals surface area contributed by atoms with Crippen LogP contribution in [-0.4, -0.2) is 13.1 Å². The van der Waals surface area contributed by atoms with Gasteiger partial charge in [-0.15, -0.1) is 0 Å². The number of allylic oxidation sites excluding steroid dienone is 2. The van der Waals surface area contributed by atoms with Gasteiger partial charge in [-0.05, 0) is 25.2 Å². The molecule has 0 saturated heterocycles. The standard InChI is InChI=1S/C11H16O2/c1-8-4-5-10(6-9(8)2)7-11(12)13-3/h7,9H,1,4-6H2,2-3H3/t9-/m1/s1. The molecule has 1 aliphatic rings. The van der Waals surface area contributed by atoms with E-state index in [1.807, 2.05) is 0 Å². The maximum atomic E-state index is 10.9. The fraction of sp³-hybridized carbons (Fsp3) is 0.545. The Bertz CT molecular complexity index is 251. The molecule has 0 aromatic carbocycles. The molecule has 2 nitrogen and oxygen atoms in total. The summed E-state index contributed by atoms with van der Waals surface area (Å²) in [6, 6.07) is 0. The Hall–Kier alpha value is -1.05. The van der Waals surface area contributed by atoms with Crippen LogP contribution >= 0.6 is 0 Å². The summed E-state index contributed by atoms with van der Waals surface area (Å²) in [6.45, 7) is 6.13. The third kappa shape index (κ3) is 2.72. The zero-order valence-electron chi connectivity index (χ0n) is 8.30. The molecule has 0 bridgehead atoms. The summed E-state index contributed by atoms with van der Waals surface area (Å²) in [5.41, 5.74) is 2.48. The lowest BCUT2D eigenvalue weighted by atomic mass is 9.83. The number of hydrogen-bond acceptors (Lipinski definition) is 2. The van der Waals surface area contributed by atoms with Gasteiger partial charge in [0.05, 0.1) is 7.11 Å². The summed E-state index contributed by atoms with van der Waals surface area (Å²) >= 11 is 0. The molecule has 0 heterocycles. The van der Waals surface area contributed by atoms with Gasteiger partial charge in [-0.1, -0.05) is 24.6 Å². The van der Waals surface area contributed by atoms with Crippen molar-refractivity contribution in [3.63, 3.8) is 0 Å². The molecule has 2 heteroatoms. The van der Waals surface area contributed by atoms with Crippen molar-refractivity contribution in [2.24, 2.45) is 5.92 Å². The van der Waals surface area contributed by atoms with Gasteiger partial charge < -0.3 is 4.74 Å². The molecule has 0 aliphatic heterocycles. The predicted octanol–water partition coefficient (Wildman–Crippen LogP) is 2.46. The van der Waals surface area contributed by atoms with Gasteiger partial charge in [0.2, 0.25) is 0 Å². The largest absolute Gasteiger partial charge is 0.466 e. The molecular formula is C11H16O2. The van der Waals surface area contributed by atoms with Gasteiger partial charge >= 0.3 is 5.97 Å². The SMILES string of the molecule is C=C1CCC(=CC(=O)OC)C[C@H]1C. The molecule has 0 spiro atoms. The number of methoxy groups -OCH3 is 1. The minimum Gasteiger partial charge on any atom is -0.466 e. The normalized spacial score (nSPS) is 26.2. The zero-order chi connectivity index (χ0) is 9.84. The number of esters is 1. The van der Waals surface area contributed by atoms with Crippen LogP contribution in [0.4, 0.5) is 0 Å². The van der Waals surface area contributed by atoms with E-state index in [1.54, 1.807) is 6.08 Å². The monoisotopic (exact) mass is 180 g/mol. The second-order valence-electron chi connectivity index (χ2n) is 3.59. The lowest BCUT2D eigenvalue weighted by Crippen LogP contribution is -2.09. The molecule has 1 atom stereocenters. The third-order valence-corrected chi connectivity index (χ3v) is 2.56. The van der Waals surface area contributed by atoms with Crippen molar-refractivity contribution in [3.8, 4) is 0 Å². The van der Waals surface area contributed by atoms with E-state index in [0.717, 1.165) is 19.3 Å². The van der Waals surface area contributed by atoms with Gasteiger partial charge in [0.1, 0.15) is 0 Å². The van der Waals surface area contributed by atoms with Crippen molar-refractivity contribution in [2.45, 2.75) is 26.2 Å². The van der Waals surface area contributed by atoms with Gasteiger partial charge in [-0.3, -0.25) is 0 Å². The topological polar surface area (TPSA) is 26.3 Å². The molecular weight excluding hydrogens is 164 g/mol. The van der Waals surface area contributed by atoms with Crippen LogP contribution in [0, 0.1) is 5.92 Å². The van der Waals surface area contributed by atoms with Crippen LogP contribution in [0.2, 0.25) is 0 Å². The first kappa shape index (κ1) is 10.0. The molecule has 13 heavy (non-hydrogen) atoms. The fourth-order valence-corrected chi connectivity index (χ4v) is 1.56. The van der Waals surface area contributed by atoms with Crippen LogP contribution in [-0.2, 0) is 9.53 Å². The van der Waals surface area contributed by atoms with Gasteiger partial charge in [-0.2, -0.15) is 0 Å². The Labute approximate surface area is 79.3 Å². The highest BCUT2D eigenvalue weighted by molar-refractivity contribution is 5.82. The maximum absolute atomic E-state index is 10.9. The summed E-state index contributed by atoms with van der Waals surface area (Å²) in [5, 5.41) is 0. The van der Waals surface area contributed by atoms with Crippen molar-refractivity contribution in [3.05, 3.63) is 23.8 Å². The zero-order valence-corrected chi connectivity index (χ0v) is 8.30. The minimum absolute atomic E-state index is 0.241. The first-order chi connectivity index (χ1) is 6.13. The molecule has 0 aromatic rings. The summed E-state index contributed by atoms with van der Waals surface area (Å²) < 4.78 is 4.58. The van der Waals surface area contributed by atoms with Crippen LogP contribution in [0.5, 0.6) is 0 Å². The Kier molecular flexibility index (Phi) is 3.29. The number of rotatable bonds is 1. The van der Waals surface area contributed by atoms with Crippen LogP contribution < -0.4 is 0 Å². The minimum atomic E-state index is -0.241. The maximum Gasteiger partial charge on any atom is 0.330 e. The lowest BCUT2D eigenvalue weighted by molar-refractivity contribution is -0.134. The van der Waals surface area contributed by atoms with Gasteiger partial charge in [0.15, 0.2) is 0 Å². The van der Waals surface area contributed by atoms with Crippen molar-refractivity contribution in [1.82, 2.24) is 0 Å².